The van der Waals surface area contributed by atoms with Crippen LogP contribution in [0.5, 0.6) is 0 Å². The number of benzene rings is 2. The highest BCUT2D eigenvalue weighted by Gasteiger charge is 2.51. The van der Waals surface area contributed by atoms with E-state index in [4.69, 9.17) is 9.57 Å². The quantitative estimate of drug-likeness (QED) is 0.636. The Morgan fingerprint density at radius 3 is 1.93 bits per heavy atom. The lowest BCUT2D eigenvalue weighted by Gasteiger charge is -2.44. The summed E-state index contributed by atoms with van der Waals surface area (Å²) in [5, 5.41) is 2.13. The first kappa shape index (κ1) is 20.1. The zero-order chi connectivity index (χ0) is 20.6. The van der Waals surface area contributed by atoms with Crippen LogP contribution in [0.3, 0.4) is 0 Å². The Kier molecular flexibility index (Phi) is 5.26. The molecule has 0 bridgehead atoms. The molecule has 4 nitrogen and oxygen atoms in total. The van der Waals surface area contributed by atoms with Crippen LogP contribution in [0.2, 0.25) is 0 Å². The summed E-state index contributed by atoms with van der Waals surface area (Å²) in [6.45, 7) is 8.81. The molecule has 1 aliphatic carbocycles. The van der Waals surface area contributed by atoms with Gasteiger partial charge in [-0.25, -0.2) is 4.79 Å². The summed E-state index contributed by atoms with van der Waals surface area (Å²) in [4.78, 5) is 19.3. The molecular formula is C25H31NO3. The van der Waals surface area contributed by atoms with Gasteiger partial charge in [-0.1, -0.05) is 48.9 Å². The van der Waals surface area contributed by atoms with Crippen LogP contribution in [0.15, 0.2) is 54.6 Å². The van der Waals surface area contributed by atoms with Crippen molar-refractivity contribution in [2.45, 2.75) is 76.7 Å². The summed E-state index contributed by atoms with van der Waals surface area (Å²) in [5.74, 6) is -0.269. The molecule has 154 valence electrons. The van der Waals surface area contributed by atoms with Crippen LogP contribution in [-0.4, -0.2) is 23.2 Å². The number of fused-ring (bicyclic) bond motifs is 1. The first-order valence-electron chi connectivity index (χ1n) is 10.6. The number of carbonyl (C=O) groups is 1. The van der Waals surface area contributed by atoms with Crippen LogP contribution >= 0.6 is 0 Å². The Hall–Kier alpha value is -2.17. The molecule has 0 aromatic heterocycles. The average Bonchev–Trinajstić information content (AvgIpc) is 2.87. The molecule has 4 heteroatoms. The van der Waals surface area contributed by atoms with E-state index in [0.717, 1.165) is 25.7 Å². The fourth-order valence-corrected chi connectivity index (χ4v) is 4.96. The van der Waals surface area contributed by atoms with Gasteiger partial charge in [0, 0.05) is 0 Å². The monoisotopic (exact) mass is 393 g/mol. The van der Waals surface area contributed by atoms with Gasteiger partial charge in [0.05, 0.1) is 16.6 Å². The van der Waals surface area contributed by atoms with Crippen LogP contribution in [0.1, 0.15) is 74.9 Å². The van der Waals surface area contributed by atoms with E-state index in [1.165, 1.54) is 11.1 Å². The lowest BCUT2D eigenvalue weighted by Crippen LogP contribution is -2.50. The molecule has 2 aliphatic rings. The van der Waals surface area contributed by atoms with Gasteiger partial charge >= 0.3 is 5.97 Å². The second-order valence-corrected chi connectivity index (χ2v) is 9.20. The number of hydrogen-bond donors (Lipinski definition) is 0. The number of ether oxygens (including phenoxy) is 1. The van der Waals surface area contributed by atoms with Crippen molar-refractivity contribution in [3.63, 3.8) is 0 Å². The highest BCUT2D eigenvalue weighted by atomic mass is 16.7. The van der Waals surface area contributed by atoms with Crippen LogP contribution in [0, 0.1) is 0 Å². The Labute approximate surface area is 173 Å². The summed E-state index contributed by atoms with van der Waals surface area (Å²) in [5.41, 5.74) is 2.65. The van der Waals surface area contributed by atoms with Crippen molar-refractivity contribution < 1.29 is 14.4 Å². The first-order chi connectivity index (χ1) is 13.8. The van der Waals surface area contributed by atoms with Gasteiger partial charge in [-0.15, -0.1) is 0 Å². The van der Waals surface area contributed by atoms with Crippen LogP contribution in [-0.2, 0) is 20.7 Å². The number of rotatable bonds is 4. The summed E-state index contributed by atoms with van der Waals surface area (Å²) < 4.78 is 5.92. The number of nitrogens with zero attached hydrogens (tertiary/aromatic N) is 1. The number of hydroxylamine groups is 2. The van der Waals surface area contributed by atoms with Gasteiger partial charge in [-0.2, -0.15) is 5.06 Å². The van der Waals surface area contributed by atoms with Crippen molar-refractivity contribution >= 4 is 5.97 Å². The van der Waals surface area contributed by atoms with E-state index in [1.54, 1.807) is 12.1 Å². The molecule has 1 heterocycles. The molecule has 4 rings (SSSR count). The molecule has 0 spiro atoms. The van der Waals surface area contributed by atoms with Gasteiger partial charge in [0.25, 0.3) is 0 Å². The Balaban J connectivity index is 1.55. The van der Waals surface area contributed by atoms with E-state index in [1.807, 2.05) is 18.2 Å². The van der Waals surface area contributed by atoms with Gasteiger partial charge in [0.1, 0.15) is 12.2 Å². The summed E-state index contributed by atoms with van der Waals surface area (Å²) in [6.07, 6.45) is 3.51. The van der Waals surface area contributed by atoms with Crippen LogP contribution in [0.25, 0.3) is 0 Å². The maximum atomic E-state index is 12.6. The maximum Gasteiger partial charge on any atom is 0.338 e. The molecule has 0 saturated heterocycles. The Morgan fingerprint density at radius 1 is 0.828 bits per heavy atom. The van der Waals surface area contributed by atoms with E-state index in [9.17, 15) is 4.79 Å². The van der Waals surface area contributed by atoms with E-state index in [2.05, 4.69) is 57.0 Å². The highest BCUT2D eigenvalue weighted by Crippen LogP contribution is 2.50. The largest absolute Gasteiger partial charge is 0.456 e. The molecule has 1 saturated carbocycles. The summed E-state index contributed by atoms with van der Waals surface area (Å²) in [6, 6.07) is 17.8. The van der Waals surface area contributed by atoms with E-state index in [-0.39, 0.29) is 29.3 Å². The summed E-state index contributed by atoms with van der Waals surface area (Å²) >= 11 is 0. The van der Waals surface area contributed by atoms with Crippen molar-refractivity contribution in [2.24, 2.45) is 0 Å². The van der Waals surface area contributed by atoms with Crippen molar-refractivity contribution in [3.05, 3.63) is 71.3 Å². The second-order valence-electron chi connectivity index (χ2n) is 9.20. The maximum absolute atomic E-state index is 12.6. The minimum absolute atomic E-state index is 0.135. The third kappa shape index (κ3) is 3.60. The van der Waals surface area contributed by atoms with Crippen molar-refractivity contribution in [1.29, 1.82) is 0 Å². The van der Waals surface area contributed by atoms with Crippen molar-refractivity contribution in [3.8, 4) is 0 Å². The van der Waals surface area contributed by atoms with Crippen LogP contribution in [0.4, 0.5) is 0 Å². The number of esters is 1. The highest BCUT2D eigenvalue weighted by molar-refractivity contribution is 5.89. The molecule has 2 atom stereocenters. The molecule has 2 aromatic rings. The molecule has 0 N–H and O–H groups in total. The van der Waals surface area contributed by atoms with Gasteiger partial charge < -0.3 is 4.74 Å². The van der Waals surface area contributed by atoms with E-state index < -0.39 is 0 Å². The lowest BCUT2D eigenvalue weighted by atomic mass is 9.91. The third-order valence-corrected chi connectivity index (χ3v) is 6.41. The normalized spacial score (nSPS) is 25.4. The first-order valence-corrected chi connectivity index (χ1v) is 10.6. The second kappa shape index (κ2) is 7.58. The molecule has 0 amide bonds. The Morgan fingerprint density at radius 2 is 1.34 bits per heavy atom. The molecule has 0 unspecified atom stereocenters. The molecule has 2 aromatic carbocycles. The lowest BCUT2D eigenvalue weighted by molar-refractivity contribution is -0.305. The zero-order valence-corrected chi connectivity index (χ0v) is 17.9. The van der Waals surface area contributed by atoms with Gasteiger partial charge in [-0.05, 0) is 70.2 Å². The smallest absolute Gasteiger partial charge is 0.338 e. The topological polar surface area (TPSA) is 38.8 Å². The average molecular weight is 394 g/mol. The number of carbonyl (C=O) groups excluding carboxylic acids is 1. The molecule has 0 radical (unpaired) electrons. The van der Waals surface area contributed by atoms with Gasteiger partial charge in [-0.3, -0.25) is 4.84 Å². The molecule has 29 heavy (non-hydrogen) atoms. The summed E-state index contributed by atoms with van der Waals surface area (Å²) in [7, 11) is 0. The molecular weight excluding hydrogens is 362 g/mol. The SMILES string of the molecule is CC1(C)c2ccccc2C(C)(C)N1O[C@@H]1CCCC[C@H]1OC(=O)c1ccccc1. The molecule has 1 fully saturated rings. The standard InChI is InChI=1S/C25H31NO3/c1-24(2)19-14-8-9-15-20(19)25(3,4)26(24)29-22-17-11-10-16-21(22)28-23(27)18-12-6-5-7-13-18/h5-9,12-15,21-22H,10-11,16-17H2,1-4H3/t21-,22-/m1/s1. The molecule has 1 aliphatic heterocycles. The van der Waals surface area contributed by atoms with Gasteiger partial charge in [0.15, 0.2) is 0 Å². The fraction of sp³-hybridized carbons (Fsp3) is 0.480. The van der Waals surface area contributed by atoms with Crippen LogP contribution < -0.4 is 0 Å². The minimum Gasteiger partial charge on any atom is -0.456 e. The fourth-order valence-electron chi connectivity index (χ4n) is 4.96. The van der Waals surface area contributed by atoms with Crippen molar-refractivity contribution in [1.82, 2.24) is 5.06 Å². The predicted molar refractivity (Wildman–Crippen MR) is 113 cm³/mol. The zero-order valence-electron chi connectivity index (χ0n) is 17.9. The number of hydrogen-bond acceptors (Lipinski definition) is 4. The van der Waals surface area contributed by atoms with E-state index >= 15 is 0 Å². The van der Waals surface area contributed by atoms with Crippen molar-refractivity contribution in [2.75, 3.05) is 0 Å². The predicted octanol–water partition coefficient (Wildman–Crippen LogP) is 5.57. The van der Waals surface area contributed by atoms with E-state index in [0.29, 0.717) is 5.56 Å². The van der Waals surface area contributed by atoms with Gasteiger partial charge in [0.2, 0.25) is 0 Å². The Bertz CT molecular complexity index is 840. The third-order valence-electron chi connectivity index (χ3n) is 6.41. The minimum atomic E-state index is -0.269.